The highest BCUT2D eigenvalue weighted by Gasteiger charge is 2.34. The number of thioether (sulfide) groups is 1. The number of carboxylic acid groups (broad SMARTS) is 1. The fourth-order valence-corrected chi connectivity index (χ4v) is 4.92. The summed E-state index contributed by atoms with van der Waals surface area (Å²) >= 11 is 1.56. The number of fused-ring (bicyclic) bond motifs is 3. The van der Waals surface area contributed by atoms with Crippen molar-refractivity contribution in [3.8, 4) is 11.1 Å². The van der Waals surface area contributed by atoms with E-state index in [9.17, 15) is 9.59 Å². The minimum Gasteiger partial charge on any atom is -0.481 e. The van der Waals surface area contributed by atoms with Crippen LogP contribution in [0.25, 0.3) is 11.1 Å². The Morgan fingerprint density at radius 3 is 2.31 bits per heavy atom. The van der Waals surface area contributed by atoms with E-state index in [-0.39, 0.29) is 25.0 Å². The SMILES string of the molecule is O=C(O)C[C@@H]1CSCN1C(=O)OCC1c2ccccc2-c2ccccc21. The van der Waals surface area contributed by atoms with E-state index in [0.29, 0.717) is 11.6 Å². The minimum absolute atomic E-state index is 0.0135. The lowest BCUT2D eigenvalue weighted by atomic mass is 9.98. The van der Waals surface area contributed by atoms with Gasteiger partial charge < -0.3 is 9.84 Å². The molecule has 1 saturated heterocycles. The van der Waals surface area contributed by atoms with Crippen LogP contribution >= 0.6 is 11.8 Å². The highest BCUT2D eigenvalue weighted by atomic mass is 32.2. The smallest absolute Gasteiger partial charge is 0.410 e. The van der Waals surface area contributed by atoms with Crippen LogP contribution in [-0.2, 0) is 9.53 Å². The second-order valence-electron chi connectivity index (χ2n) is 6.53. The second kappa shape index (κ2) is 7.03. The van der Waals surface area contributed by atoms with Crippen LogP contribution in [-0.4, -0.2) is 46.3 Å². The van der Waals surface area contributed by atoms with Crippen molar-refractivity contribution in [3.63, 3.8) is 0 Å². The molecule has 1 aliphatic carbocycles. The van der Waals surface area contributed by atoms with Gasteiger partial charge in [-0.05, 0) is 22.3 Å². The number of aliphatic carboxylic acids is 1. The summed E-state index contributed by atoms with van der Waals surface area (Å²) in [6.07, 6.45) is -0.472. The molecule has 1 amide bonds. The van der Waals surface area contributed by atoms with Crippen LogP contribution in [0.15, 0.2) is 48.5 Å². The van der Waals surface area contributed by atoms with E-state index in [0.717, 1.165) is 0 Å². The van der Waals surface area contributed by atoms with Gasteiger partial charge in [-0.15, -0.1) is 11.8 Å². The number of amides is 1. The molecule has 2 aromatic carbocycles. The maximum Gasteiger partial charge on any atom is 0.410 e. The van der Waals surface area contributed by atoms with E-state index in [1.54, 1.807) is 11.8 Å². The molecule has 0 aromatic heterocycles. The Morgan fingerprint density at radius 2 is 1.69 bits per heavy atom. The summed E-state index contributed by atoms with van der Waals surface area (Å²) in [5, 5.41) is 9.01. The van der Waals surface area contributed by atoms with Gasteiger partial charge in [-0.1, -0.05) is 48.5 Å². The highest BCUT2D eigenvalue weighted by molar-refractivity contribution is 7.99. The molecule has 1 N–H and O–H groups in total. The molecule has 2 aliphatic rings. The zero-order valence-electron chi connectivity index (χ0n) is 14.1. The summed E-state index contributed by atoms with van der Waals surface area (Å²) in [5.41, 5.74) is 4.70. The lowest BCUT2D eigenvalue weighted by Gasteiger charge is -2.23. The Morgan fingerprint density at radius 1 is 1.08 bits per heavy atom. The topological polar surface area (TPSA) is 66.8 Å². The van der Waals surface area contributed by atoms with Crippen LogP contribution < -0.4 is 0 Å². The zero-order valence-corrected chi connectivity index (χ0v) is 14.9. The van der Waals surface area contributed by atoms with Crippen molar-refractivity contribution >= 4 is 23.8 Å². The lowest BCUT2D eigenvalue weighted by Crippen LogP contribution is -2.38. The first-order valence-electron chi connectivity index (χ1n) is 8.56. The third kappa shape index (κ3) is 3.05. The number of rotatable bonds is 4. The third-order valence-corrected chi connectivity index (χ3v) is 6.04. The lowest BCUT2D eigenvalue weighted by molar-refractivity contribution is -0.137. The normalized spacial score (nSPS) is 18.5. The molecule has 0 radical (unpaired) electrons. The fraction of sp³-hybridized carbons (Fsp3) is 0.300. The van der Waals surface area contributed by atoms with Gasteiger partial charge >= 0.3 is 12.1 Å². The largest absolute Gasteiger partial charge is 0.481 e. The van der Waals surface area contributed by atoms with Gasteiger partial charge in [0, 0.05) is 11.7 Å². The summed E-state index contributed by atoms with van der Waals surface area (Å²) < 4.78 is 5.62. The molecule has 5 nitrogen and oxygen atoms in total. The number of benzene rings is 2. The van der Waals surface area contributed by atoms with Crippen molar-refractivity contribution in [2.24, 2.45) is 0 Å². The van der Waals surface area contributed by atoms with Gasteiger partial charge in [-0.2, -0.15) is 0 Å². The number of carboxylic acids is 1. The predicted octanol–water partition coefficient (Wildman–Crippen LogP) is 3.79. The first kappa shape index (κ1) is 17.0. The first-order valence-corrected chi connectivity index (χ1v) is 9.72. The Kier molecular flexibility index (Phi) is 4.59. The second-order valence-corrected chi connectivity index (χ2v) is 7.53. The maximum atomic E-state index is 12.5. The molecular formula is C20H19NO4S. The van der Waals surface area contributed by atoms with Crippen molar-refractivity contribution in [2.45, 2.75) is 18.4 Å². The number of hydrogen-bond donors (Lipinski definition) is 1. The third-order valence-electron chi connectivity index (χ3n) is 4.96. The van der Waals surface area contributed by atoms with Crippen molar-refractivity contribution in [3.05, 3.63) is 59.7 Å². The van der Waals surface area contributed by atoms with Gasteiger partial charge in [-0.3, -0.25) is 9.69 Å². The van der Waals surface area contributed by atoms with Gasteiger partial charge in [0.1, 0.15) is 6.61 Å². The first-order chi connectivity index (χ1) is 12.6. The summed E-state index contributed by atoms with van der Waals surface area (Å²) in [6.45, 7) is 0.258. The number of carbonyl (C=O) groups is 2. The van der Waals surface area contributed by atoms with Gasteiger partial charge in [0.25, 0.3) is 0 Å². The Bertz CT molecular complexity index is 808. The molecule has 1 aliphatic heterocycles. The molecule has 26 heavy (non-hydrogen) atoms. The minimum atomic E-state index is -0.894. The number of hydrogen-bond acceptors (Lipinski definition) is 4. The fourth-order valence-electron chi connectivity index (χ4n) is 3.73. The van der Waals surface area contributed by atoms with Crippen LogP contribution in [0.1, 0.15) is 23.5 Å². The van der Waals surface area contributed by atoms with Gasteiger partial charge in [0.2, 0.25) is 0 Å². The van der Waals surface area contributed by atoms with Gasteiger partial charge in [0.15, 0.2) is 0 Å². The molecular weight excluding hydrogens is 350 g/mol. The van der Waals surface area contributed by atoms with Crippen molar-refractivity contribution < 1.29 is 19.4 Å². The molecule has 2 aromatic rings. The Balaban J connectivity index is 1.50. The van der Waals surface area contributed by atoms with Crippen LogP contribution in [0.2, 0.25) is 0 Å². The number of nitrogens with zero attached hydrogens (tertiary/aromatic N) is 1. The van der Waals surface area contributed by atoms with Crippen molar-refractivity contribution in [2.75, 3.05) is 18.2 Å². The molecule has 4 rings (SSSR count). The zero-order chi connectivity index (χ0) is 18.1. The monoisotopic (exact) mass is 369 g/mol. The highest BCUT2D eigenvalue weighted by Crippen LogP contribution is 2.44. The molecule has 0 bridgehead atoms. The average molecular weight is 369 g/mol. The molecule has 134 valence electrons. The van der Waals surface area contributed by atoms with Gasteiger partial charge in [0.05, 0.1) is 18.3 Å². The molecule has 0 saturated carbocycles. The van der Waals surface area contributed by atoms with E-state index >= 15 is 0 Å². The summed E-state index contributed by atoms with van der Waals surface area (Å²) in [7, 11) is 0. The van der Waals surface area contributed by atoms with E-state index in [1.165, 1.54) is 27.2 Å². The molecule has 1 atom stereocenters. The Labute approximate surface area is 156 Å². The molecule has 1 fully saturated rings. The molecule has 0 spiro atoms. The number of carbonyl (C=O) groups excluding carboxylic acids is 1. The van der Waals surface area contributed by atoms with Crippen molar-refractivity contribution in [1.29, 1.82) is 0 Å². The van der Waals surface area contributed by atoms with Gasteiger partial charge in [-0.25, -0.2) is 4.79 Å². The molecule has 1 heterocycles. The molecule has 6 heteroatoms. The standard InChI is InChI=1S/C20H19NO4S/c22-19(23)9-13-11-26-12-21(13)20(24)25-10-18-16-7-3-1-5-14(16)15-6-2-4-8-17(15)18/h1-8,13,18H,9-12H2,(H,22,23)/t13-/m1/s1. The quantitative estimate of drug-likeness (QED) is 0.888. The number of ether oxygens (including phenoxy) is 1. The summed E-state index contributed by atoms with van der Waals surface area (Å²) in [6, 6.07) is 16.1. The van der Waals surface area contributed by atoms with Crippen LogP contribution in [0.3, 0.4) is 0 Å². The van der Waals surface area contributed by atoms with Crippen molar-refractivity contribution in [1.82, 2.24) is 4.90 Å². The summed E-state index contributed by atoms with van der Waals surface area (Å²) in [4.78, 5) is 25.0. The van der Waals surface area contributed by atoms with E-state index in [1.807, 2.05) is 24.3 Å². The van der Waals surface area contributed by atoms with Crippen LogP contribution in [0.4, 0.5) is 4.79 Å². The van der Waals surface area contributed by atoms with E-state index in [4.69, 9.17) is 9.84 Å². The van der Waals surface area contributed by atoms with E-state index in [2.05, 4.69) is 24.3 Å². The van der Waals surface area contributed by atoms with Crippen LogP contribution in [0, 0.1) is 0 Å². The average Bonchev–Trinajstić information content (AvgIpc) is 3.22. The van der Waals surface area contributed by atoms with E-state index < -0.39 is 12.1 Å². The molecule has 0 unspecified atom stereocenters. The van der Waals surface area contributed by atoms with Crippen LogP contribution in [0.5, 0.6) is 0 Å². The maximum absolute atomic E-state index is 12.5. The Hall–Kier alpha value is -2.47. The summed E-state index contributed by atoms with van der Waals surface area (Å²) in [5.74, 6) is 0.235. The predicted molar refractivity (Wildman–Crippen MR) is 100 cm³/mol.